The largest absolute Gasteiger partial charge is 0.497 e. The van der Waals surface area contributed by atoms with Crippen LogP contribution in [0.2, 0.25) is 0 Å². The van der Waals surface area contributed by atoms with Gasteiger partial charge in [0.15, 0.2) is 0 Å². The zero-order chi connectivity index (χ0) is 12.3. The van der Waals surface area contributed by atoms with Crippen molar-refractivity contribution in [3.8, 4) is 17.0 Å². The van der Waals surface area contributed by atoms with E-state index in [1.54, 1.807) is 7.11 Å². The van der Waals surface area contributed by atoms with Crippen molar-refractivity contribution < 1.29 is 4.74 Å². The van der Waals surface area contributed by atoms with Gasteiger partial charge >= 0.3 is 0 Å². The maximum Gasteiger partial charge on any atom is 0.118 e. The first-order valence-electron chi connectivity index (χ1n) is 5.57. The molecule has 0 aliphatic heterocycles. The number of ether oxygens (including phenoxy) is 1. The molecular weight excluding hydrogens is 216 g/mol. The minimum atomic E-state index is 0.433. The van der Waals surface area contributed by atoms with Crippen LogP contribution in [0.1, 0.15) is 12.6 Å². The summed E-state index contributed by atoms with van der Waals surface area (Å²) in [4.78, 5) is 0. The summed E-state index contributed by atoms with van der Waals surface area (Å²) in [6.45, 7) is 3.23. The summed E-state index contributed by atoms with van der Waals surface area (Å²) < 4.78 is 6.94. The number of hydrogen-bond acceptors (Lipinski definition) is 4. The van der Waals surface area contributed by atoms with E-state index in [0.29, 0.717) is 6.54 Å². The summed E-state index contributed by atoms with van der Waals surface area (Å²) in [5, 5.41) is 8.26. The van der Waals surface area contributed by atoms with Crippen molar-refractivity contribution in [2.24, 2.45) is 5.73 Å². The highest BCUT2D eigenvalue weighted by atomic mass is 16.5. The summed E-state index contributed by atoms with van der Waals surface area (Å²) >= 11 is 0. The maximum atomic E-state index is 5.74. The minimum Gasteiger partial charge on any atom is -0.497 e. The molecule has 1 aromatic carbocycles. The number of aryl methyl sites for hydroxylation is 1. The van der Waals surface area contributed by atoms with Gasteiger partial charge in [-0.1, -0.05) is 5.21 Å². The topological polar surface area (TPSA) is 66.0 Å². The van der Waals surface area contributed by atoms with Crippen LogP contribution in [0.25, 0.3) is 11.3 Å². The van der Waals surface area contributed by atoms with Crippen LogP contribution in [0.15, 0.2) is 24.3 Å². The average molecular weight is 232 g/mol. The van der Waals surface area contributed by atoms with Crippen molar-refractivity contribution in [2.75, 3.05) is 7.11 Å². The van der Waals surface area contributed by atoms with E-state index in [1.807, 2.05) is 35.9 Å². The molecule has 0 radical (unpaired) electrons. The van der Waals surface area contributed by atoms with E-state index in [2.05, 4.69) is 10.3 Å². The molecule has 5 nitrogen and oxygen atoms in total. The van der Waals surface area contributed by atoms with Gasteiger partial charge in [-0.15, -0.1) is 5.10 Å². The van der Waals surface area contributed by atoms with Gasteiger partial charge in [0, 0.05) is 18.7 Å². The first-order chi connectivity index (χ1) is 8.30. The van der Waals surface area contributed by atoms with Crippen molar-refractivity contribution in [1.82, 2.24) is 15.0 Å². The number of nitrogens with zero attached hydrogens (tertiary/aromatic N) is 3. The minimum absolute atomic E-state index is 0.433. The third-order valence-corrected chi connectivity index (χ3v) is 2.69. The first-order valence-corrected chi connectivity index (χ1v) is 5.57. The van der Waals surface area contributed by atoms with Gasteiger partial charge in [0.25, 0.3) is 0 Å². The molecule has 17 heavy (non-hydrogen) atoms. The molecule has 1 aromatic heterocycles. The van der Waals surface area contributed by atoms with E-state index in [9.17, 15) is 0 Å². The fraction of sp³-hybridized carbons (Fsp3) is 0.333. The molecule has 0 unspecified atom stereocenters. The van der Waals surface area contributed by atoms with Crippen molar-refractivity contribution in [3.63, 3.8) is 0 Å². The summed E-state index contributed by atoms with van der Waals surface area (Å²) in [5.41, 5.74) is 8.55. The monoisotopic (exact) mass is 232 g/mol. The number of aromatic nitrogens is 3. The van der Waals surface area contributed by atoms with E-state index in [-0.39, 0.29) is 0 Å². The van der Waals surface area contributed by atoms with Gasteiger partial charge < -0.3 is 10.5 Å². The molecule has 5 heteroatoms. The third kappa shape index (κ3) is 2.14. The number of methoxy groups -OCH3 is 1. The second kappa shape index (κ2) is 4.97. The molecule has 0 aliphatic carbocycles. The van der Waals surface area contributed by atoms with Crippen LogP contribution in [0.4, 0.5) is 0 Å². The Morgan fingerprint density at radius 2 is 2.00 bits per heavy atom. The zero-order valence-corrected chi connectivity index (χ0v) is 10.1. The van der Waals surface area contributed by atoms with Crippen LogP contribution in [-0.2, 0) is 13.1 Å². The Kier molecular flexibility index (Phi) is 3.39. The maximum absolute atomic E-state index is 5.74. The smallest absolute Gasteiger partial charge is 0.118 e. The normalized spacial score (nSPS) is 10.5. The summed E-state index contributed by atoms with van der Waals surface area (Å²) in [6, 6.07) is 7.73. The molecule has 0 amide bonds. The molecular formula is C12H16N4O. The van der Waals surface area contributed by atoms with Gasteiger partial charge in [0.1, 0.15) is 11.4 Å². The third-order valence-electron chi connectivity index (χ3n) is 2.69. The van der Waals surface area contributed by atoms with Crippen LogP contribution < -0.4 is 10.5 Å². The second-order valence-electron chi connectivity index (χ2n) is 3.63. The lowest BCUT2D eigenvalue weighted by Crippen LogP contribution is -2.08. The van der Waals surface area contributed by atoms with Gasteiger partial charge in [-0.25, -0.2) is 4.68 Å². The van der Waals surface area contributed by atoms with Gasteiger partial charge in [-0.05, 0) is 31.2 Å². The Bertz CT molecular complexity index is 490. The Morgan fingerprint density at radius 1 is 1.29 bits per heavy atom. The van der Waals surface area contributed by atoms with E-state index in [4.69, 9.17) is 10.5 Å². The van der Waals surface area contributed by atoms with Crippen LogP contribution in [0.5, 0.6) is 5.75 Å². The summed E-state index contributed by atoms with van der Waals surface area (Å²) in [5.74, 6) is 0.825. The summed E-state index contributed by atoms with van der Waals surface area (Å²) in [7, 11) is 1.65. The number of hydrogen-bond donors (Lipinski definition) is 1. The lowest BCUT2D eigenvalue weighted by atomic mass is 10.1. The quantitative estimate of drug-likeness (QED) is 0.866. The molecule has 0 spiro atoms. The van der Waals surface area contributed by atoms with Gasteiger partial charge in [0.2, 0.25) is 0 Å². The Morgan fingerprint density at radius 3 is 2.53 bits per heavy atom. The lowest BCUT2D eigenvalue weighted by molar-refractivity contribution is 0.415. The molecule has 1 heterocycles. The van der Waals surface area contributed by atoms with Crippen molar-refractivity contribution in [2.45, 2.75) is 20.0 Å². The van der Waals surface area contributed by atoms with Gasteiger partial charge in [0.05, 0.1) is 12.8 Å². The Labute approximate surface area is 100 Å². The standard InChI is InChI=1S/C12H16N4O/c1-3-16-11(8-13)12(14-15-16)9-4-6-10(17-2)7-5-9/h4-7H,3,8,13H2,1-2H3. The lowest BCUT2D eigenvalue weighted by Gasteiger charge is -2.04. The second-order valence-corrected chi connectivity index (χ2v) is 3.63. The average Bonchev–Trinajstić information content (AvgIpc) is 2.81. The number of benzene rings is 1. The van der Waals surface area contributed by atoms with Crippen LogP contribution in [0, 0.1) is 0 Å². The number of nitrogens with two attached hydrogens (primary N) is 1. The van der Waals surface area contributed by atoms with Gasteiger partial charge in [-0.3, -0.25) is 0 Å². The Hall–Kier alpha value is -1.88. The van der Waals surface area contributed by atoms with Crippen molar-refractivity contribution in [1.29, 1.82) is 0 Å². The van der Waals surface area contributed by atoms with Crippen molar-refractivity contribution in [3.05, 3.63) is 30.0 Å². The van der Waals surface area contributed by atoms with Crippen LogP contribution in [0.3, 0.4) is 0 Å². The predicted molar refractivity (Wildman–Crippen MR) is 65.6 cm³/mol. The molecule has 90 valence electrons. The fourth-order valence-corrected chi connectivity index (χ4v) is 1.76. The van der Waals surface area contributed by atoms with E-state index in [1.165, 1.54) is 0 Å². The molecule has 0 aliphatic rings. The molecule has 2 rings (SSSR count). The highest BCUT2D eigenvalue weighted by molar-refractivity contribution is 5.62. The molecule has 2 aromatic rings. The van der Waals surface area contributed by atoms with Gasteiger partial charge in [-0.2, -0.15) is 0 Å². The molecule has 2 N–H and O–H groups in total. The van der Waals surface area contributed by atoms with Crippen LogP contribution in [-0.4, -0.2) is 22.1 Å². The molecule has 0 fully saturated rings. The first kappa shape index (κ1) is 11.6. The molecule has 0 saturated carbocycles. The highest BCUT2D eigenvalue weighted by Gasteiger charge is 2.12. The molecule has 0 atom stereocenters. The van der Waals surface area contributed by atoms with Crippen molar-refractivity contribution >= 4 is 0 Å². The van der Waals surface area contributed by atoms with E-state index < -0.39 is 0 Å². The fourth-order valence-electron chi connectivity index (χ4n) is 1.76. The molecule has 0 bridgehead atoms. The molecule has 0 saturated heterocycles. The van der Waals surface area contributed by atoms with E-state index in [0.717, 1.165) is 29.2 Å². The van der Waals surface area contributed by atoms with Crippen LogP contribution >= 0.6 is 0 Å². The van der Waals surface area contributed by atoms with E-state index >= 15 is 0 Å². The SMILES string of the molecule is CCn1nnc(-c2ccc(OC)cc2)c1CN. The predicted octanol–water partition coefficient (Wildman–Crippen LogP) is 1.43. The zero-order valence-electron chi connectivity index (χ0n) is 10.1. The Balaban J connectivity index is 2.41. The summed E-state index contributed by atoms with van der Waals surface area (Å²) in [6.07, 6.45) is 0. The number of rotatable bonds is 4. The highest BCUT2D eigenvalue weighted by Crippen LogP contribution is 2.23.